The van der Waals surface area contributed by atoms with Gasteiger partial charge in [-0.3, -0.25) is 23.7 Å². The van der Waals surface area contributed by atoms with E-state index in [1.165, 1.54) is 55.2 Å². The number of imide groups is 1. The third-order valence-electron chi connectivity index (χ3n) is 7.88. The van der Waals surface area contributed by atoms with E-state index in [4.69, 9.17) is 14.2 Å². The molecule has 0 spiro atoms. The number of hydrogen-bond acceptors (Lipinski definition) is 10. The van der Waals surface area contributed by atoms with Gasteiger partial charge in [0.1, 0.15) is 17.6 Å². The van der Waals surface area contributed by atoms with Crippen LogP contribution < -0.4 is 24.6 Å². The van der Waals surface area contributed by atoms with Crippen molar-refractivity contribution in [3.8, 4) is 11.5 Å². The predicted octanol–water partition coefficient (Wildman–Crippen LogP) is 4.68. The van der Waals surface area contributed by atoms with Gasteiger partial charge in [0.05, 0.1) is 43.0 Å². The summed E-state index contributed by atoms with van der Waals surface area (Å²) in [4.78, 5) is 67.7. The Kier molecular flexibility index (Phi) is 8.88. The highest BCUT2D eigenvalue weighted by molar-refractivity contribution is 8.00. The summed E-state index contributed by atoms with van der Waals surface area (Å²) in [6.07, 6.45) is 0. The van der Waals surface area contributed by atoms with Gasteiger partial charge in [-0.15, -0.1) is 0 Å². The van der Waals surface area contributed by atoms with Gasteiger partial charge in [0.2, 0.25) is 17.7 Å². The number of hydrogen-bond donors (Lipinski definition) is 1. The maximum absolute atomic E-state index is 14.1. The third-order valence-corrected chi connectivity index (χ3v) is 10.5. The number of carbonyl (C=O) groups is 4. The number of nitrogens with zero attached hydrogens (tertiary/aromatic N) is 2. The van der Waals surface area contributed by atoms with E-state index in [2.05, 4.69) is 5.32 Å². The normalized spacial score (nSPS) is 18.4. The number of fused-ring (bicyclic) bond motifs is 2. The number of aromatic nitrogens is 1. The SMILES string of the molecule is CCOC(=O)c1ccc(NC(=O)Cn2c3c(sc2=O)C(c2ccc(OC)c(OC)c2)C2C(=O)N(c4ccc(F)cc4)C(=O)C2S3)cc1. The number of halogens is 1. The van der Waals surface area contributed by atoms with Crippen LogP contribution in [0.4, 0.5) is 15.8 Å². The number of thioether (sulfide) groups is 1. The van der Waals surface area contributed by atoms with Gasteiger partial charge in [-0.25, -0.2) is 14.1 Å². The molecule has 2 aliphatic heterocycles. The second-order valence-electron chi connectivity index (χ2n) is 10.6. The zero-order chi connectivity index (χ0) is 33.4. The highest BCUT2D eigenvalue weighted by Crippen LogP contribution is 2.54. The van der Waals surface area contributed by atoms with Crippen LogP contribution in [0.3, 0.4) is 0 Å². The summed E-state index contributed by atoms with van der Waals surface area (Å²) >= 11 is 1.97. The van der Waals surface area contributed by atoms with Crippen molar-refractivity contribution >= 4 is 58.2 Å². The molecule has 1 aromatic heterocycles. The van der Waals surface area contributed by atoms with Crippen molar-refractivity contribution in [1.29, 1.82) is 0 Å². The highest BCUT2D eigenvalue weighted by atomic mass is 32.2. The Balaban J connectivity index is 1.37. The zero-order valence-electron chi connectivity index (χ0n) is 25.4. The molecule has 1 saturated heterocycles. The average Bonchev–Trinajstić information content (AvgIpc) is 3.51. The lowest BCUT2D eigenvalue weighted by Crippen LogP contribution is -2.33. The van der Waals surface area contributed by atoms with Crippen LogP contribution in [-0.2, 0) is 25.7 Å². The van der Waals surface area contributed by atoms with Gasteiger partial charge in [-0.05, 0) is 73.2 Å². The molecule has 47 heavy (non-hydrogen) atoms. The largest absolute Gasteiger partial charge is 0.493 e. The van der Waals surface area contributed by atoms with Crippen LogP contribution >= 0.6 is 23.1 Å². The topological polar surface area (TPSA) is 133 Å². The summed E-state index contributed by atoms with van der Waals surface area (Å²) in [5.41, 5.74) is 1.57. The first-order valence-electron chi connectivity index (χ1n) is 14.5. The van der Waals surface area contributed by atoms with Crippen LogP contribution in [0.5, 0.6) is 11.5 Å². The van der Waals surface area contributed by atoms with Crippen LogP contribution in [0, 0.1) is 11.7 Å². The molecule has 6 rings (SSSR count). The van der Waals surface area contributed by atoms with Crippen LogP contribution in [-0.4, -0.2) is 54.3 Å². The number of methoxy groups -OCH3 is 2. The Morgan fingerprint density at radius 1 is 0.915 bits per heavy atom. The molecule has 3 unspecified atom stereocenters. The van der Waals surface area contributed by atoms with Crippen LogP contribution in [0.2, 0.25) is 0 Å². The van der Waals surface area contributed by atoms with E-state index in [1.54, 1.807) is 37.3 Å². The molecule has 1 N–H and O–H groups in total. The minimum Gasteiger partial charge on any atom is -0.493 e. The van der Waals surface area contributed by atoms with Crippen molar-refractivity contribution in [1.82, 2.24) is 4.57 Å². The molecule has 2 aliphatic rings. The number of rotatable bonds is 9. The molecule has 3 heterocycles. The molecule has 3 aromatic carbocycles. The summed E-state index contributed by atoms with van der Waals surface area (Å²) in [5.74, 6) is -3.29. The summed E-state index contributed by atoms with van der Waals surface area (Å²) in [6.45, 7) is 1.57. The number of nitrogens with one attached hydrogen (secondary N) is 1. The molecule has 4 aromatic rings. The van der Waals surface area contributed by atoms with Crippen molar-refractivity contribution in [3.05, 3.63) is 98.2 Å². The third kappa shape index (κ3) is 5.89. The maximum atomic E-state index is 14.1. The summed E-state index contributed by atoms with van der Waals surface area (Å²) < 4.78 is 30.9. The van der Waals surface area contributed by atoms with Gasteiger partial charge < -0.3 is 19.5 Å². The Morgan fingerprint density at radius 3 is 2.28 bits per heavy atom. The fourth-order valence-corrected chi connectivity index (χ4v) is 8.53. The van der Waals surface area contributed by atoms with Gasteiger partial charge in [0.25, 0.3) is 0 Å². The second kappa shape index (κ2) is 13.0. The average molecular weight is 678 g/mol. The van der Waals surface area contributed by atoms with E-state index in [0.717, 1.165) is 28.0 Å². The van der Waals surface area contributed by atoms with Gasteiger partial charge in [0.15, 0.2) is 11.5 Å². The fourth-order valence-electron chi connectivity index (χ4n) is 5.75. The Labute approximate surface area is 276 Å². The molecule has 242 valence electrons. The quantitative estimate of drug-likeness (QED) is 0.198. The molecule has 3 atom stereocenters. The number of amides is 3. The number of benzene rings is 3. The summed E-state index contributed by atoms with van der Waals surface area (Å²) in [5, 5.41) is 2.20. The fraction of sp³-hybridized carbons (Fsp3) is 0.242. The lowest BCUT2D eigenvalue weighted by Gasteiger charge is -2.31. The molecular formula is C33H28FN3O8S2. The van der Waals surface area contributed by atoms with E-state index in [9.17, 15) is 28.4 Å². The second-order valence-corrected chi connectivity index (χ2v) is 12.7. The molecule has 0 saturated carbocycles. The first-order valence-corrected chi connectivity index (χ1v) is 16.2. The van der Waals surface area contributed by atoms with Gasteiger partial charge in [0, 0.05) is 16.5 Å². The standard InChI is InChI=1S/C33H28FN3O8S2/c1-4-45-32(41)17-5-10-20(11-6-17)35-24(38)16-36-31-28(47-33(36)42)25(18-7-14-22(43-2)23(15-18)44-3)26-27(46-31)30(40)37(29(26)39)21-12-8-19(34)9-13-21/h5-15,25-27H,4,16H2,1-3H3,(H,35,38). The molecular weight excluding hydrogens is 650 g/mol. The minimum absolute atomic E-state index is 0.230. The number of esters is 1. The van der Waals surface area contributed by atoms with Gasteiger partial charge >= 0.3 is 10.8 Å². The predicted molar refractivity (Wildman–Crippen MR) is 173 cm³/mol. The van der Waals surface area contributed by atoms with Gasteiger partial charge in [-0.2, -0.15) is 0 Å². The maximum Gasteiger partial charge on any atom is 0.338 e. The monoisotopic (exact) mass is 677 g/mol. The number of ether oxygens (including phenoxy) is 3. The van der Waals surface area contributed by atoms with Crippen LogP contribution in [0.25, 0.3) is 0 Å². The Hall–Kier alpha value is -4.95. The van der Waals surface area contributed by atoms with Crippen LogP contribution in [0.15, 0.2) is 76.6 Å². The van der Waals surface area contributed by atoms with E-state index >= 15 is 0 Å². The van der Waals surface area contributed by atoms with E-state index in [-0.39, 0.29) is 18.8 Å². The zero-order valence-corrected chi connectivity index (χ0v) is 27.0. The number of anilines is 2. The molecule has 3 amide bonds. The Morgan fingerprint density at radius 2 is 1.62 bits per heavy atom. The highest BCUT2D eigenvalue weighted by Gasteiger charge is 2.57. The Bertz CT molecular complexity index is 1940. The van der Waals surface area contributed by atoms with Crippen molar-refractivity contribution < 1.29 is 37.8 Å². The van der Waals surface area contributed by atoms with Crippen LogP contribution in [0.1, 0.15) is 33.6 Å². The molecule has 0 radical (unpaired) electrons. The molecule has 1 fully saturated rings. The van der Waals surface area contributed by atoms with Crippen molar-refractivity contribution in [2.45, 2.75) is 29.7 Å². The smallest absolute Gasteiger partial charge is 0.338 e. The minimum atomic E-state index is -0.933. The lowest BCUT2D eigenvalue weighted by molar-refractivity contribution is -0.122. The van der Waals surface area contributed by atoms with Crippen molar-refractivity contribution in [2.24, 2.45) is 5.92 Å². The molecule has 0 bridgehead atoms. The number of carbonyl (C=O) groups excluding carboxylic acids is 4. The molecule has 0 aliphatic carbocycles. The van der Waals surface area contributed by atoms with E-state index in [0.29, 0.717) is 38.2 Å². The first-order chi connectivity index (χ1) is 22.6. The lowest BCUT2D eigenvalue weighted by atomic mass is 9.83. The van der Waals surface area contributed by atoms with E-state index < -0.39 is 51.5 Å². The molecule has 14 heteroatoms. The number of thiazole rings is 1. The molecule has 11 nitrogen and oxygen atoms in total. The van der Waals surface area contributed by atoms with Crippen molar-refractivity contribution in [3.63, 3.8) is 0 Å². The summed E-state index contributed by atoms with van der Waals surface area (Å²) in [7, 11) is 2.97. The van der Waals surface area contributed by atoms with Crippen molar-refractivity contribution in [2.75, 3.05) is 31.0 Å². The van der Waals surface area contributed by atoms with Gasteiger partial charge in [-0.1, -0.05) is 29.2 Å². The summed E-state index contributed by atoms with van der Waals surface area (Å²) in [6, 6.07) is 16.4. The van der Waals surface area contributed by atoms with E-state index in [1.807, 2.05) is 0 Å². The first kappa shape index (κ1) is 32.0.